The van der Waals surface area contributed by atoms with E-state index >= 15 is 0 Å². The van der Waals surface area contributed by atoms with Crippen molar-refractivity contribution < 1.29 is 4.74 Å². The predicted molar refractivity (Wildman–Crippen MR) is 59.9 cm³/mol. The fourth-order valence-electron chi connectivity index (χ4n) is 2.04. The summed E-state index contributed by atoms with van der Waals surface area (Å²) in [6, 6.07) is 2.07. The lowest BCUT2D eigenvalue weighted by molar-refractivity contribution is -0.00547. The SMILES string of the molecule is CC1CN(c2n[nH]c(N)c2C#N)CC(C)O1. The minimum atomic E-state index is 0.133. The molecule has 1 aliphatic rings. The van der Waals surface area contributed by atoms with Gasteiger partial charge in [0.2, 0.25) is 0 Å². The average Bonchev–Trinajstić information content (AvgIpc) is 2.58. The van der Waals surface area contributed by atoms with Gasteiger partial charge in [0.15, 0.2) is 5.82 Å². The maximum absolute atomic E-state index is 9.00. The molecule has 2 rings (SSSR count). The summed E-state index contributed by atoms with van der Waals surface area (Å²) in [4.78, 5) is 2.03. The number of aromatic amines is 1. The standard InChI is InChI=1S/C10H15N5O/c1-6-4-15(5-7(2)16-6)10-8(3-11)9(12)13-14-10/h6-7H,4-5H2,1-2H3,(H3,12,13,14). The molecule has 6 heteroatoms. The molecule has 1 aromatic heterocycles. The van der Waals surface area contributed by atoms with Gasteiger partial charge < -0.3 is 15.4 Å². The highest BCUT2D eigenvalue weighted by molar-refractivity contribution is 5.64. The van der Waals surface area contributed by atoms with Gasteiger partial charge in [0, 0.05) is 13.1 Å². The van der Waals surface area contributed by atoms with Crippen LogP contribution in [-0.4, -0.2) is 35.5 Å². The topological polar surface area (TPSA) is 91.0 Å². The third kappa shape index (κ3) is 1.82. The molecule has 1 aliphatic heterocycles. The Bertz CT molecular complexity index is 411. The zero-order valence-corrected chi connectivity index (χ0v) is 9.40. The van der Waals surface area contributed by atoms with Crippen LogP contribution in [0.5, 0.6) is 0 Å². The molecule has 0 aromatic carbocycles. The Morgan fingerprint density at radius 2 is 2.12 bits per heavy atom. The molecule has 3 N–H and O–H groups in total. The van der Waals surface area contributed by atoms with E-state index in [1.807, 2.05) is 18.7 Å². The number of hydrogen-bond acceptors (Lipinski definition) is 5. The van der Waals surface area contributed by atoms with Crippen molar-refractivity contribution >= 4 is 11.6 Å². The van der Waals surface area contributed by atoms with E-state index in [1.165, 1.54) is 0 Å². The molecule has 6 nitrogen and oxygen atoms in total. The molecule has 2 unspecified atom stereocenters. The van der Waals surface area contributed by atoms with E-state index in [1.54, 1.807) is 0 Å². The van der Waals surface area contributed by atoms with Crippen LogP contribution in [0.4, 0.5) is 11.6 Å². The second kappa shape index (κ2) is 4.02. The van der Waals surface area contributed by atoms with Gasteiger partial charge in [-0.05, 0) is 13.8 Å². The summed E-state index contributed by atoms with van der Waals surface area (Å²) in [7, 11) is 0. The zero-order chi connectivity index (χ0) is 11.7. The molecular weight excluding hydrogens is 206 g/mol. The van der Waals surface area contributed by atoms with Crippen LogP contribution >= 0.6 is 0 Å². The number of aromatic nitrogens is 2. The normalized spacial score (nSPS) is 25.4. The number of H-pyrrole nitrogens is 1. The summed E-state index contributed by atoms with van der Waals surface area (Å²) < 4.78 is 5.62. The third-order valence-electron chi connectivity index (χ3n) is 2.61. The van der Waals surface area contributed by atoms with Crippen LogP contribution in [0.1, 0.15) is 19.4 Å². The number of nitrogen functional groups attached to an aromatic ring is 1. The Morgan fingerprint density at radius 1 is 1.50 bits per heavy atom. The van der Waals surface area contributed by atoms with Gasteiger partial charge in [0.25, 0.3) is 0 Å². The maximum atomic E-state index is 9.00. The smallest absolute Gasteiger partial charge is 0.170 e. The van der Waals surface area contributed by atoms with Crippen molar-refractivity contribution in [3.63, 3.8) is 0 Å². The Kier molecular flexibility index (Phi) is 2.71. The summed E-state index contributed by atoms with van der Waals surface area (Å²) in [5.74, 6) is 0.950. The summed E-state index contributed by atoms with van der Waals surface area (Å²) in [6.07, 6.45) is 0.265. The first-order chi connectivity index (χ1) is 7.61. The van der Waals surface area contributed by atoms with Gasteiger partial charge in [-0.15, -0.1) is 0 Å². The van der Waals surface area contributed by atoms with Crippen LogP contribution < -0.4 is 10.6 Å². The molecule has 0 saturated carbocycles. The lowest BCUT2D eigenvalue weighted by Crippen LogP contribution is -2.46. The van der Waals surface area contributed by atoms with E-state index in [2.05, 4.69) is 16.3 Å². The zero-order valence-electron chi connectivity index (χ0n) is 9.40. The van der Waals surface area contributed by atoms with Gasteiger partial charge in [-0.1, -0.05) is 0 Å². The molecule has 1 saturated heterocycles. The number of nitriles is 1. The van der Waals surface area contributed by atoms with E-state index < -0.39 is 0 Å². The van der Waals surface area contributed by atoms with Crippen LogP contribution in [-0.2, 0) is 4.74 Å². The summed E-state index contributed by atoms with van der Waals surface area (Å²) in [5, 5.41) is 15.7. The van der Waals surface area contributed by atoms with E-state index in [4.69, 9.17) is 15.7 Å². The molecule has 0 bridgehead atoms. The fraction of sp³-hybridized carbons (Fsp3) is 0.600. The van der Waals surface area contributed by atoms with Gasteiger partial charge in [-0.3, -0.25) is 5.10 Å². The van der Waals surface area contributed by atoms with Crippen molar-refractivity contribution in [3.8, 4) is 6.07 Å². The highest BCUT2D eigenvalue weighted by atomic mass is 16.5. The molecule has 16 heavy (non-hydrogen) atoms. The number of ether oxygens (including phenoxy) is 1. The highest BCUT2D eigenvalue weighted by Crippen LogP contribution is 2.24. The van der Waals surface area contributed by atoms with Crippen molar-refractivity contribution in [2.75, 3.05) is 23.7 Å². The summed E-state index contributed by atoms with van der Waals surface area (Å²) in [6.45, 7) is 5.46. The third-order valence-corrected chi connectivity index (χ3v) is 2.61. The number of hydrogen-bond donors (Lipinski definition) is 2. The van der Waals surface area contributed by atoms with Crippen LogP contribution in [0.2, 0.25) is 0 Å². The van der Waals surface area contributed by atoms with Gasteiger partial charge >= 0.3 is 0 Å². The number of rotatable bonds is 1. The first-order valence-corrected chi connectivity index (χ1v) is 5.26. The van der Waals surface area contributed by atoms with Gasteiger partial charge in [-0.25, -0.2) is 0 Å². The lowest BCUT2D eigenvalue weighted by atomic mass is 10.2. The van der Waals surface area contributed by atoms with Crippen molar-refractivity contribution in [2.45, 2.75) is 26.1 Å². The molecule has 86 valence electrons. The monoisotopic (exact) mass is 221 g/mol. The van der Waals surface area contributed by atoms with E-state index in [-0.39, 0.29) is 12.2 Å². The number of morpholine rings is 1. The second-order valence-corrected chi connectivity index (χ2v) is 4.11. The molecule has 0 spiro atoms. The van der Waals surface area contributed by atoms with Crippen LogP contribution in [0.3, 0.4) is 0 Å². The van der Waals surface area contributed by atoms with Crippen LogP contribution in [0.15, 0.2) is 0 Å². The molecule has 0 radical (unpaired) electrons. The van der Waals surface area contributed by atoms with Gasteiger partial charge in [0.05, 0.1) is 12.2 Å². The molecule has 0 aliphatic carbocycles. The maximum Gasteiger partial charge on any atom is 0.170 e. The molecule has 1 aromatic rings. The highest BCUT2D eigenvalue weighted by Gasteiger charge is 2.26. The van der Waals surface area contributed by atoms with E-state index in [0.717, 1.165) is 13.1 Å². The van der Waals surface area contributed by atoms with Crippen LogP contribution in [0, 0.1) is 11.3 Å². The van der Waals surface area contributed by atoms with Crippen molar-refractivity contribution in [3.05, 3.63) is 5.56 Å². The van der Waals surface area contributed by atoms with Gasteiger partial charge in [-0.2, -0.15) is 10.4 Å². The quantitative estimate of drug-likeness (QED) is 0.719. The second-order valence-electron chi connectivity index (χ2n) is 4.11. The Labute approximate surface area is 94.0 Å². The minimum Gasteiger partial charge on any atom is -0.383 e. The summed E-state index contributed by atoms with van der Waals surface area (Å²) >= 11 is 0. The lowest BCUT2D eigenvalue weighted by Gasteiger charge is -2.35. The molecule has 2 atom stereocenters. The average molecular weight is 221 g/mol. The molecular formula is C10H15N5O. The van der Waals surface area contributed by atoms with Gasteiger partial charge in [0.1, 0.15) is 17.5 Å². The Morgan fingerprint density at radius 3 is 2.69 bits per heavy atom. The molecule has 2 heterocycles. The Balaban J connectivity index is 2.27. The van der Waals surface area contributed by atoms with Crippen molar-refractivity contribution in [1.82, 2.24) is 10.2 Å². The summed E-state index contributed by atoms with van der Waals surface area (Å²) in [5.41, 5.74) is 6.05. The molecule has 1 fully saturated rings. The minimum absolute atomic E-state index is 0.133. The van der Waals surface area contributed by atoms with Crippen molar-refractivity contribution in [2.24, 2.45) is 0 Å². The first kappa shape index (κ1) is 10.8. The first-order valence-electron chi connectivity index (χ1n) is 5.26. The number of nitrogens with one attached hydrogen (secondary N) is 1. The number of nitrogens with two attached hydrogens (primary N) is 1. The number of nitrogens with zero attached hydrogens (tertiary/aromatic N) is 3. The number of anilines is 2. The van der Waals surface area contributed by atoms with E-state index in [0.29, 0.717) is 17.2 Å². The Hall–Kier alpha value is -1.74. The largest absolute Gasteiger partial charge is 0.383 e. The predicted octanol–water partition coefficient (Wildman–Crippen LogP) is 0.477. The molecule has 0 amide bonds. The van der Waals surface area contributed by atoms with Crippen molar-refractivity contribution in [1.29, 1.82) is 5.26 Å². The fourth-order valence-corrected chi connectivity index (χ4v) is 2.04. The van der Waals surface area contributed by atoms with E-state index in [9.17, 15) is 0 Å². The van der Waals surface area contributed by atoms with Crippen LogP contribution in [0.25, 0.3) is 0 Å².